The normalized spacial score (nSPS) is 20.2. The molecule has 30 heavy (non-hydrogen) atoms. The van der Waals surface area contributed by atoms with Gasteiger partial charge in [0, 0.05) is 18.7 Å². The first-order valence-corrected chi connectivity index (χ1v) is 10.5. The second-order valence-corrected chi connectivity index (χ2v) is 8.06. The number of carbonyl (C=O) groups is 1. The number of hydrogen-bond donors (Lipinski definition) is 0. The zero-order valence-electron chi connectivity index (χ0n) is 17.1. The Hall–Kier alpha value is -3.34. The first-order chi connectivity index (χ1) is 14.7. The van der Waals surface area contributed by atoms with E-state index >= 15 is 0 Å². The van der Waals surface area contributed by atoms with Crippen LogP contribution in [0.5, 0.6) is 5.75 Å². The minimum atomic E-state index is 0.0221. The van der Waals surface area contributed by atoms with E-state index in [2.05, 4.69) is 12.2 Å². The molecule has 0 saturated carbocycles. The third kappa shape index (κ3) is 3.41. The fraction of sp³-hybridized carbons (Fsp3) is 0.280. The van der Waals surface area contributed by atoms with Gasteiger partial charge >= 0.3 is 0 Å². The van der Waals surface area contributed by atoms with Crippen LogP contribution in [0.2, 0.25) is 0 Å². The summed E-state index contributed by atoms with van der Waals surface area (Å²) < 4.78 is 7.15. The maximum Gasteiger partial charge on any atom is 0.274 e. The molecule has 1 aliphatic carbocycles. The van der Waals surface area contributed by atoms with Crippen molar-refractivity contribution >= 4 is 5.91 Å². The van der Waals surface area contributed by atoms with Crippen LogP contribution in [-0.4, -0.2) is 40.8 Å². The largest absolute Gasteiger partial charge is 0.497 e. The lowest BCUT2D eigenvalue weighted by molar-refractivity contribution is 0.0778. The summed E-state index contributed by atoms with van der Waals surface area (Å²) in [5.41, 5.74) is 3.31. The van der Waals surface area contributed by atoms with Gasteiger partial charge in [-0.15, -0.1) is 0 Å². The number of carbonyl (C=O) groups excluding carboxylic acids is 1. The minimum absolute atomic E-state index is 0.0221. The highest BCUT2D eigenvalue weighted by Gasteiger charge is 2.36. The fourth-order valence-corrected chi connectivity index (χ4v) is 4.56. The molecule has 152 valence electrons. The van der Waals surface area contributed by atoms with Crippen LogP contribution in [0.4, 0.5) is 0 Å². The van der Waals surface area contributed by atoms with Gasteiger partial charge < -0.3 is 9.64 Å². The van der Waals surface area contributed by atoms with Crippen LogP contribution in [0.25, 0.3) is 16.9 Å². The van der Waals surface area contributed by atoms with E-state index in [-0.39, 0.29) is 5.91 Å². The van der Waals surface area contributed by atoms with Crippen molar-refractivity contribution in [3.8, 4) is 22.7 Å². The van der Waals surface area contributed by atoms with E-state index in [0.29, 0.717) is 17.5 Å². The summed E-state index contributed by atoms with van der Waals surface area (Å²) in [5, 5.41) is 4.74. The summed E-state index contributed by atoms with van der Waals surface area (Å²) in [6.07, 6.45) is 6.65. The molecule has 1 saturated heterocycles. The molecule has 2 aromatic carbocycles. The van der Waals surface area contributed by atoms with Crippen molar-refractivity contribution in [1.82, 2.24) is 14.7 Å². The van der Waals surface area contributed by atoms with Gasteiger partial charge in [0.2, 0.25) is 0 Å². The van der Waals surface area contributed by atoms with Gasteiger partial charge in [-0.3, -0.25) is 4.79 Å². The number of benzene rings is 2. The number of rotatable bonds is 4. The fourth-order valence-electron chi connectivity index (χ4n) is 4.56. The Morgan fingerprint density at radius 3 is 2.27 bits per heavy atom. The zero-order chi connectivity index (χ0) is 20.5. The number of amides is 1. The highest BCUT2D eigenvalue weighted by Crippen LogP contribution is 2.34. The third-order valence-electron chi connectivity index (χ3n) is 6.22. The monoisotopic (exact) mass is 399 g/mol. The van der Waals surface area contributed by atoms with Gasteiger partial charge in [0.1, 0.15) is 5.75 Å². The van der Waals surface area contributed by atoms with E-state index in [4.69, 9.17) is 9.84 Å². The maximum absolute atomic E-state index is 13.3. The Kier molecular flexibility index (Phi) is 4.87. The molecular weight excluding hydrogens is 374 g/mol. The van der Waals surface area contributed by atoms with Crippen molar-refractivity contribution in [1.29, 1.82) is 0 Å². The molecule has 1 aromatic heterocycles. The van der Waals surface area contributed by atoms with Crippen molar-refractivity contribution < 1.29 is 9.53 Å². The molecule has 0 spiro atoms. The maximum atomic E-state index is 13.3. The van der Waals surface area contributed by atoms with Gasteiger partial charge in [-0.25, -0.2) is 4.68 Å². The molecule has 2 atom stereocenters. The number of aromatic nitrogens is 2. The molecular formula is C25H25N3O2. The minimum Gasteiger partial charge on any atom is -0.497 e. The first kappa shape index (κ1) is 18.7. The Morgan fingerprint density at radius 1 is 0.967 bits per heavy atom. The number of hydrogen-bond acceptors (Lipinski definition) is 3. The first-order valence-electron chi connectivity index (χ1n) is 10.5. The van der Waals surface area contributed by atoms with Gasteiger partial charge in [0.25, 0.3) is 5.91 Å². The van der Waals surface area contributed by atoms with Gasteiger partial charge in [0.05, 0.1) is 18.5 Å². The highest BCUT2D eigenvalue weighted by atomic mass is 16.5. The Labute approximate surface area is 176 Å². The van der Waals surface area contributed by atoms with E-state index in [9.17, 15) is 4.79 Å². The van der Waals surface area contributed by atoms with Gasteiger partial charge in [-0.2, -0.15) is 5.10 Å². The second-order valence-electron chi connectivity index (χ2n) is 8.06. The van der Waals surface area contributed by atoms with Crippen molar-refractivity contribution in [2.45, 2.75) is 12.8 Å². The molecule has 2 aliphatic rings. The smallest absolute Gasteiger partial charge is 0.274 e. The number of methoxy groups -OCH3 is 1. The average Bonchev–Trinajstić information content (AvgIpc) is 3.44. The van der Waals surface area contributed by atoms with E-state index in [1.807, 2.05) is 70.2 Å². The van der Waals surface area contributed by atoms with E-state index in [1.165, 1.54) is 0 Å². The summed E-state index contributed by atoms with van der Waals surface area (Å²) in [4.78, 5) is 15.3. The van der Waals surface area contributed by atoms with Crippen LogP contribution >= 0.6 is 0 Å². The molecule has 3 aromatic rings. The Morgan fingerprint density at radius 2 is 1.63 bits per heavy atom. The van der Waals surface area contributed by atoms with Crippen LogP contribution < -0.4 is 4.74 Å². The molecule has 5 rings (SSSR count). The third-order valence-corrected chi connectivity index (χ3v) is 6.22. The van der Waals surface area contributed by atoms with Crippen molar-refractivity contribution in [2.75, 3.05) is 20.2 Å². The van der Waals surface area contributed by atoms with Crippen molar-refractivity contribution in [3.05, 3.63) is 78.5 Å². The van der Waals surface area contributed by atoms with Crippen LogP contribution in [-0.2, 0) is 0 Å². The quantitative estimate of drug-likeness (QED) is 0.603. The van der Waals surface area contributed by atoms with Crippen molar-refractivity contribution in [2.24, 2.45) is 11.8 Å². The zero-order valence-corrected chi connectivity index (χ0v) is 17.1. The number of likely N-dealkylation sites (tertiary alicyclic amines) is 1. The molecule has 1 fully saturated rings. The summed E-state index contributed by atoms with van der Waals surface area (Å²) in [6.45, 7) is 1.65. The number of para-hydroxylation sites is 1. The van der Waals surface area contributed by atoms with Crippen LogP contribution in [0.3, 0.4) is 0 Å². The highest BCUT2D eigenvalue weighted by molar-refractivity contribution is 5.94. The Balaban J connectivity index is 1.50. The standard InChI is InChI=1S/C25H25N3O2/c1-30-22-13-11-18(12-14-22)24-15-23(26-28(24)21-9-3-2-4-10-21)25(29)27-16-19-7-5-6-8-20(19)17-27/h2-6,9-15,19-20H,7-8,16-17H2,1H3. The van der Waals surface area contributed by atoms with Crippen molar-refractivity contribution in [3.63, 3.8) is 0 Å². The summed E-state index contributed by atoms with van der Waals surface area (Å²) in [5.74, 6) is 1.98. The van der Waals surface area contributed by atoms with E-state index < -0.39 is 0 Å². The summed E-state index contributed by atoms with van der Waals surface area (Å²) in [6, 6.07) is 19.7. The second kappa shape index (κ2) is 7.82. The molecule has 2 heterocycles. The van der Waals surface area contributed by atoms with Gasteiger partial charge in [0.15, 0.2) is 5.69 Å². The van der Waals surface area contributed by atoms with Crippen LogP contribution in [0.1, 0.15) is 23.3 Å². The molecule has 0 N–H and O–H groups in total. The lowest BCUT2D eigenvalue weighted by Crippen LogP contribution is -2.29. The molecule has 0 radical (unpaired) electrons. The van der Waals surface area contributed by atoms with Gasteiger partial charge in [-0.05, 0) is 67.1 Å². The predicted octanol–water partition coefficient (Wildman–Crippen LogP) is 4.59. The predicted molar refractivity (Wildman–Crippen MR) is 117 cm³/mol. The molecule has 5 heteroatoms. The van der Waals surface area contributed by atoms with Crippen LogP contribution in [0, 0.1) is 11.8 Å². The molecule has 2 unspecified atom stereocenters. The number of nitrogens with zero attached hydrogens (tertiary/aromatic N) is 3. The molecule has 1 amide bonds. The average molecular weight is 399 g/mol. The molecule has 1 aliphatic heterocycles. The van der Waals surface area contributed by atoms with E-state index in [1.54, 1.807) is 7.11 Å². The van der Waals surface area contributed by atoms with Crippen LogP contribution in [0.15, 0.2) is 72.8 Å². The number of allylic oxidation sites excluding steroid dienone is 2. The topological polar surface area (TPSA) is 47.4 Å². The lowest BCUT2D eigenvalue weighted by Gasteiger charge is -2.17. The van der Waals surface area contributed by atoms with E-state index in [0.717, 1.165) is 48.6 Å². The number of fused-ring (bicyclic) bond motifs is 1. The summed E-state index contributed by atoms with van der Waals surface area (Å²) >= 11 is 0. The molecule has 0 bridgehead atoms. The Bertz CT molecular complexity index is 1050. The number of ether oxygens (including phenoxy) is 1. The SMILES string of the molecule is COc1ccc(-c2cc(C(=O)N3CC4CC=CCC4C3)nn2-c2ccccc2)cc1. The molecule has 5 nitrogen and oxygen atoms in total. The lowest BCUT2D eigenvalue weighted by atomic mass is 9.86. The van der Waals surface area contributed by atoms with Gasteiger partial charge in [-0.1, -0.05) is 30.4 Å². The summed E-state index contributed by atoms with van der Waals surface area (Å²) in [7, 11) is 1.66.